The first-order valence-corrected chi connectivity index (χ1v) is 10.1. The number of aryl methyl sites for hydroxylation is 1. The fourth-order valence-electron chi connectivity index (χ4n) is 3.18. The van der Waals surface area contributed by atoms with Gasteiger partial charge >= 0.3 is 5.97 Å². The van der Waals surface area contributed by atoms with Gasteiger partial charge in [0.2, 0.25) is 0 Å². The molecule has 0 saturated carbocycles. The van der Waals surface area contributed by atoms with E-state index in [1.54, 1.807) is 38.1 Å². The molecule has 0 bridgehead atoms. The highest BCUT2D eigenvalue weighted by Gasteiger charge is 2.15. The van der Waals surface area contributed by atoms with Crippen LogP contribution in [0.1, 0.15) is 39.2 Å². The standard InChI is InChI=1S/C24H22N4O4/c1-3-31-24(30)20-10-11-21(25-16(20)2)23(29)27-17-7-6-8-19(13-17)32-15-18-14-28-12-5-4-9-22(28)26-18/h4-14H,3,15H2,1-2H3,(H,27,29). The summed E-state index contributed by atoms with van der Waals surface area (Å²) in [6, 6.07) is 15.9. The van der Waals surface area contributed by atoms with Crippen LogP contribution < -0.4 is 10.1 Å². The summed E-state index contributed by atoms with van der Waals surface area (Å²) in [7, 11) is 0. The van der Waals surface area contributed by atoms with Gasteiger partial charge in [0.25, 0.3) is 5.91 Å². The maximum Gasteiger partial charge on any atom is 0.339 e. The molecule has 0 atom stereocenters. The van der Waals surface area contributed by atoms with Crippen LogP contribution >= 0.6 is 0 Å². The van der Waals surface area contributed by atoms with Gasteiger partial charge in [-0.3, -0.25) is 4.79 Å². The number of esters is 1. The number of imidazole rings is 1. The SMILES string of the molecule is CCOC(=O)c1ccc(C(=O)Nc2cccc(OCc3cn4ccccc4n3)c2)nc1C. The average Bonchev–Trinajstić information content (AvgIpc) is 3.21. The van der Waals surface area contributed by atoms with Crippen LogP contribution in [0.2, 0.25) is 0 Å². The first-order chi connectivity index (χ1) is 15.5. The summed E-state index contributed by atoms with van der Waals surface area (Å²) in [6.07, 6.45) is 3.84. The second-order valence-electron chi connectivity index (χ2n) is 7.02. The number of fused-ring (bicyclic) bond motifs is 1. The van der Waals surface area contributed by atoms with E-state index in [0.717, 1.165) is 11.3 Å². The highest BCUT2D eigenvalue weighted by molar-refractivity contribution is 6.03. The smallest absolute Gasteiger partial charge is 0.339 e. The summed E-state index contributed by atoms with van der Waals surface area (Å²) in [5, 5.41) is 2.80. The van der Waals surface area contributed by atoms with E-state index in [1.807, 2.05) is 41.1 Å². The lowest BCUT2D eigenvalue weighted by atomic mass is 10.2. The number of rotatable bonds is 7. The second kappa shape index (κ2) is 9.30. The normalized spacial score (nSPS) is 10.7. The zero-order valence-corrected chi connectivity index (χ0v) is 17.7. The number of aromatic nitrogens is 3. The lowest BCUT2D eigenvalue weighted by Gasteiger charge is -2.10. The predicted octanol–water partition coefficient (Wildman–Crippen LogP) is 4.05. The van der Waals surface area contributed by atoms with Crippen LogP contribution in [0.3, 0.4) is 0 Å². The molecule has 0 radical (unpaired) electrons. The fourth-order valence-corrected chi connectivity index (χ4v) is 3.18. The molecule has 1 amide bonds. The Hall–Kier alpha value is -4.20. The summed E-state index contributed by atoms with van der Waals surface area (Å²) in [4.78, 5) is 33.3. The molecule has 1 N–H and O–H groups in total. The van der Waals surface area contributed by atoms with Gasteiger partial charge in [0, 0.05) is 24.1 Å². The molecule has 0 unspecified atom stereocenters. The molecule has 8 nitrogen and oxygen atoms in total. The number of carbonyl (C=O) groups is 2. The van der Waals surface area contributed by atoms with Gasteiger partial charge in [0.1, 0.15) is 23.7 Å². The van der Waals surface area contributed by atoms with E-state index in [4.69, 9.17) is 9.47 Å². The van der Waals surface area contributed by atoms with Crippen LogP contribution in [0.4, 0.5) is 5.69 Å². The molecule has 3 heterocycles. The predicted molar refractivity (Wildman–Crippen MR) is 119 cm³/mol. The molecule has 3 aromatic heterocycles. The quantitative estimate of drug-likeness (QED) is 0.445. The Morgan fingerprint density at radius 2 is 1.94 bits per heavy atom. The Bertz CT molecular complexity index is 1250. The van der Waals surface area contributed by atoms with Crippen molar-refractivity contribution in [1.29, 1.82) is 0 Å². The van der Waals surface area contributed by atoms with Crippen LogP contribution in [0.25, 0.3) is 5.65 Å². The van der Waals surface area contributed by atoms with Crippen LogP contribution in [0.15, 0.2) is 67.0 Å². The summed E-state index contributed by atoms with van der Waals surface area (Å²) in [5.41, 5.74) is 3.19. The third kappa shape index (κ3) is 4.75. The maximum absolute atomic E-state index is 12.6. The molecule has 0 aliphatic rings. The minimum absolute atomic E-state index is 0.201. The number of hydrogen-bond donors (Lipinski definition) is 1. The van der Waals surface area contributed by atoms with Crippen molar-refractivity contribution in [2.45, 2.75) is 20.5 Å². The van der Waals surface area contributed by atoms with E-state index >= 15 is 0 Å². The molecule has 0 fully saturated rings. The first-order valence-electron chi connectivity index (χ1n) is 10.1. The van der Waals surface area contributed by atoms with Crippen molar-refractivity contribution < 1.29 is 19.1 Å². The highest BCUT2D eigenvalue weighted by atomic mass is 16.5. The zero-order valence-electron chi connectivity index (χ0n) is 17.7. The Kier molecular flexibility index (Phi) is 6.12. The molecule has 4 rings (SSSR count). The van der Waals surface area contributed by atoms with Crippen molar-refractivity contribution in [2.75, 3.05) is 11.9 Å². The molecule has 162 valence electrons. The average molecular weight is 430 g/mol. The molecule has 8 heteroatoms. The topological polar surface area (TPSA) is 94.8 Å². The number of benzene rings is 1. The van der Waals surface area contributed by atoms with Crippen LogP contribution in [-0.2, 0) is 11.3 Å². The highest BCUT2D eigenvalue weighted by Crippen LogP contribution is 2.20. The van der Waals surface area contributed by atoms with Gasteiger partial charge in [-0.05, 0) is 50.2 Å². The lowest BCUT2D eigenvalue weighted by Crippen LogP contribution is -2.16. The van der Waals surface area contributed by atoms with Crippen LogP contribution in [-0.4, -0.2) is 32.9 Å². The van der Waals surface area contributed by atoms with Gasteiger partial charge < -0.3 is 19.2 Å². The maximum atomic E-state index is 12.6. The number of hydrogen-bond acceptors (Lipinski definition) is 6. The Labute approximate surface area is 184 Å². The molecule has 0 aliphatic heterocycles. The fraction of sp³-hybridized carbons (Fsp3) is 0.167. The third-order valence-corrected chi connectivity index (χ3v) is 4.71. The number of ether oxygens (including phenoxy) is 2. The van der Waals surface area contributed by atoms with Crippen molar-refractivity contribution in [3.8, 4) is 5.75 Å². The molecular formula is C24H22N4O4. The summed E-state index contributed by atoms with van der Waals surface area (Å²) < 4.78 is 12.8. The molecule has 4 aromatic rings. The third-order valence-electron chi connectivity index (χ3n) is 4.71. The largest absolute Gasteiger partial charge is 0.487 e. The molecular weight excluding hydrogens is 408 g/mol. The molecule has 32 heavy (non-hydrogen) atoms. The zero-order chi connectivity index (χ0) is 22.5. The number of nitrogens with zero attached hydrogens (tertiary/aromatic N) is 3. The van der Waals surface area contributed by atoms with Crippen molar-refractivity contribution in [3.63, 3.8) is 0 Å². The summed E-state index contributed by atoms with van der Waals surface area (Å²) in [6.45, 7) is 3.97. The van der Waals surface area contributed by atoms with Gasteiger partial charge in [0.15, 0.2) is 0 Å². The van der Waals surface area contributed by atoms with E-state index in [0.29, 0.717) is 29.3 Å². The Morgan fingerprint density at radius 3 is 2.72 bits per heavy atom. The summed E-state index contributed by atoms with van der Waals surface area (Å²) >= 11 is 0. The molecule has 1 aromatic carbocycles. The van der Waals surface area contributed by atoms with Gasteiger partial charge in [0.05, 0.1) is 23.6 Å². The summed E-state index contributed by atoms with van der Waals surface area (Å²) in [5.74, 6) is -0.248. The van der Waals surface area contributed by atoms with E-state index in [2.05, 4.69) is 15.3 Å². The number of carbonyl (C=O) groups excluding carboxylic acids is 2. The molecule has 0 saturated heterocycles. The molecule has 0 aliphatic carbocycles. The van der Waals surface area contributed by atoms with E-state index in [1.165, 1.54) is 6.07 Å². The first kappa shape index (κ1) is 21.0. The van der Waals surface area contributed by atoms with Gasteiger partial charge in [-0.2, -0.15) is 0 Å². The second-order valence-corrected chi connectivity index (χ2v) is 7.02. The van der Waals surface area contributed by atoms with E-state index in [9.17, 15) is 9.59 Å². The number of amides is 1. The number of pyridine rings is 2. The monoisotopic (exact) mass is 430 g/mol. The van der Waals surface area contributed by atoms with Gasteiger partial charge in [-0.1, -0.05) is 12.1 Å². The van der Waals surface area contributed by atoms with Crippen LogP contribution in [0, 0.1) is 6.92 Å². The lowest BCUT2D eigenvalue weighted by molar-refractivity contribution is 0.0524. The minimum atomic E-state index is -0.458. The van der Waals surface area contributed by atoms with Crippen LogP contribution in [0.5, 0.6) is 5.75 Å². The van der Waals surface area contributed by atoms with Crippen molar-refractivity contribution in [2.24, 2.45) is 0 Å². The van der Waals surface area contributed by atoms with E-state index < -0.39 is 5.97 Å². The van der Waals surface area contributed by atoms with E-state index in [-0.39, 0.29) is 18.2 Å². The minimum Gasteiger partial charge on any atom is -0.487 e. The van der Waals surface area contributed by atoms with Gasteiger partial charge in [-0.15, -0.1) is 0 Å². The van der Waals surface area contributed by atoms with Crippen molar-refractivity contribution in [1.82, 2.24) is 14.4 Å². The molecule has 0 spiro atoms. The van der Waals surface area contributed by atoms with Crippen molar-refractivity contribution in [3.05, 3.63) is 89.6 Å². The Balaban J connectivity index is 1.41. The number of anilines is 1. The van der Waals surface area contributed by atoms with Gasteiger partial charge in [-0.25, -0.2) is 14.8 Å². The Morgan fingerprint density at radius 1 is 1.06 bits per heavy atom. The number of nitrogens with one attached hydrogen (secondary N) is 1. The van der Waals surface area contributed by atoms with Crippen molar-refractivity contribution >= 4 is 23.2 Å².